The van der Waals surface area contributed by atoms with Crippen LogP contribution in [-0.2, 0) is 39.8 Å². The highest BCUT2D eigenvalue weighted by molar-refractivity contribution is 7.10. The van der Waals surface area contributed by atoms with Crippen LogP contribution >= 0.6 is 11.3 Å². The number of esters is 1. The number of hydrazine groups is 1. The van der Waals surface area contributed by atoms with Crippen molar-refractivity contribution < 1.29 is 33.3 Å². The van der Waals surface area contributed by atoms with E-state index in [9.17, 15) is 9.59 Å². The predicted octanol–water partition coefficient (Wildman–Crippen LogP) is 5.92. The van der Waals surface area contributed by atoms with Gasteiger partial charge < -0.3 is 28.8 Å². The fourth-order valence-corrected chi connectivity index (χ4v) is 12.1. The Kier molecular flexibility index (Phi) is 9.75. The Morgan fingerprint density at radius 2 is 1.90 bits per heavy atom. The maximum Gasteiger partial charge on any atom is 0.324 e. The predicted molar refractivity (Wildman–Crippen MR) is 232 cm³/mol. The van der Waals surface area contributed by atoms with E-state index in [-0.39, 0.29) is 36.0 Å². The number of carbonyl (C=O) groups excluding carboxylic acids is 3. The zero-order valence-electron chi connectivity index (χ0n) is 36.3. The molecule has 14 nitrogen and oxygen atoms in total. The quantitative estimate of drug-likeness (QED) is 0.214. The first-order valence-electron chi connectivity index (χ1n) is 22.5. The van der Waals surface area contributed by atoms with Crippen molar-refractivity contribution in [3.05, 3.63) is 58.2 Å². The number of carbonyl (C=O) groups is 3. The van der Waals surface area contributed by atoms with Gasteiger partial charge in [-0.1, -0.05) is 19.9 Å². The first-order chi connectivity index (χ1) is 29.8. The summed E-state index contributed by atoms with van der Waals surface area (Å²) >= 11 is 1.52. The smallest absolute Gasteiger partial charge is 0.324 e. The highest BCUT2D eigenvalue weighted by atomic mass is 32.1. The molecular weight excluding hydrogens is 807 g/mol. The topological polar surface area (TPSA) is 149 Å². The van der Waals surface area contributed by atoms with Gasteiger partial charge in [-0.15, -0.1) is 11.3 Å². The standard InChI is InChI=1S/C47H57N7O7S/c1-26-29-17-47(18-29,61-26)44(57)50-38-40(52-21-46(22-52)24-59-25-46)41-49-35(20-62-41)28-10-13-36-32(16-28)33(19-45(3,4)23-60-43(56)34-9-7-15-53(51-34)42(38)55)39(54(36)30-11-12-30)31-8-6-14-48-37(31)27(2)58-5/h6,8,10,13-14,16,20,26-27,29-30,34,38,40,51H,7,9,11-12,15,17-19,21-25H2,1-5H3,(H,50,57)/t26-,27+,29?,34+,38+,40+,47?/m1/s1. The normalized spacial score (nSPS) is 30.9. The van der Waals surface area contributed by atoms with Crippen molar-refractivity contribution in [2.24, 2.45) is 16.7 Å². The molecular formula is C47H57N7O7S. The number of likely N-dealkylation sites (tertiary alicyclic amines) is 1. The van der Waals surface area contributed by atoms with Gasteiger partial charge in [0, 0.05) is 77.2 Å². The van der Waals surface area contributed by atoms with E-state index in [0.29, 0.717) is 63.8 Å². The van der Waals surface area contributed by atoms with Crippen molar-refractivity contribution in [1.82, 2.24) is 35.2 Å². The Hall–Kier alpha value is -4.25. The average Bonchev–Trinajstić information content (AvgIpc) is 3.54. The van der Waals surface area contributed by atoms with Crippen LogP contribution in [0.25, 0.3) is 33.4 Å². The molecule has 7 fully saturated rings. The highest BCUT2D eigenvalue weighted by Gasteiger charge is 2.62. The number of methoxy groups -OCH3 is 1. The van der Waals surface area contributed by atoms with Gasteiger partial charge in [0.2, 0.25) is 0 Å². The van der Waals surface area contributed by atoms with Gasteiger partial charge in [-0.25, -0.2) is 10.4 Å². The average molecular weight is 864 g/mol. The number of ether oxygens (including phenoxy) is 4. The summed E-state index contributed by atoms with van der Waals surface area (Å²) in [5.41, 5.74) is 9.04. The van der Waals surface area contributed by atoms with Crippen LogP contribution in [0.3, 0.4) is 0 Å². The van der Waals surface area contributed by atoms with Crippen molar-refractivity contribution in [2.75, 3.05) is 46.6 Å². The molecule has 2 saturated carbocycles. The Bertz CT molecular complexity index is 2440. The van der Waals surface area contributed by atoms with Crippen LogP contribution in [0.5, 0.6) is 0 Å². The Morgan fingerprint density at radius 3 is 2.61 bits per heavy atom. The molecule has 8 bridgehead atoms. The molecule has 8 aliphatic rings. The Labute approximate surface area is 366 Å². The number of thiazole rings is 1. The van der Waals surface area contributed by atoms with Gasteiger partial charge in [0.05, 0.1) is 55.2 Å². The van der Waals surface area contributed by atoms with Gasteiger partial charge in [-0.3, -0.25) is 29.3 Å². The number of hydrogen-bond acceptors (Lipinski definition) is 12. The zero-order valence-corrected chi connectivity index (χ0v) is 37.1. The van der Waals surface area contributed by atoms with Gasteiger partial charge in [-0.2, -0.15) is 0 Å². The summed E-state index contributed by atoms with van der Waals surface area (Å²) in [5, 5.41) is 8.76. The molecule has 9 heterocycles. The second kappa shape index (κ2) is 14.9. The molecule has 2 aliphatic carbocycles. The third kappa shape index (κ3) is 6.72. The lowest BCUT2D eigenvalue weighted by Crippen LogP contribution is -2.70. The number of rotatable bonds is 7. The molecule has 2 N–H and O–H groups in total. The third-order valence-electron chi connectivity index (χ3n) is 14.7. The van der Waals surface area contributed by atoms with E-state index in [1.807, 2.05) is 26.1 Å². The first-order valence-corrected chi connectivity index (χ1v) is 23.4. The second-order valence-corrected chi connectivity index (χ2v) is 21.0. The van der Waals surface area contributed by atoms with Gasteiger partial charge in [-0.05, 0) is 94.5 Å². The molecule has 0 radical (unpaired) electrons. The zero-order chi connectivity index (χ0) is 42.7. The summed E-state index contributed by atoms with van der Waals surface area (Å²) < 4.78 is 26.5. The molecule has 5 atom stereocenters. The van der Waals surface area contributed by atoms with Crippen LogP contribution < -0.4 is 10.7 Å². The molecule has 62 heavy (non-hydrogen) atoms. The SMILES string of the molecule is CO[C@@H](C)c1ncccc1-c1c2c3cc(ccc3n1C1CC1)-c1csc(n1)[C@@H](N1CC3(COC3)C1)[C@H](NC(=O)C13CC(C1)[C@@H](C)O3)C(=O)N1CCC[C@H](N1)C(=O)OCC(C)(C)C2. The summed E-state index contributed by atoms with van der Waals surface area (Å²) in [5.74, 6) is -0.625. The van der Waals surface area contributed by atoms with Crippen LogP contribution in [0, 0.1) is 16.7 Å². The number of aromatic nitrogens is 3. The Balaban J connectivity index is 1.06. The lowest BCUT2D eigenvalue weighted by atomic mass is 9.72. The summed E-state index contributed by atoms with van der Waals surface area (Å²) in [6.07, 6.45) is 6.81. The molecule has 12 rings (SSSR count). The van der Waals surface area contributed by atoms with Gasteiger partial charge in [0.1, 0.15) is 22.7 Å². The van der Waals surface area contributed by atoms with E-state index in [4.69, 9.17) is 28.9 Å². The van der Waals surface area contributed by atoms with Crippen LogP contribution in [-0.4, -0.2) is 113 Å². The van der Waals surface area contributed by atoms with E-state index in [0.717, 1.165) is 70.1 Å². The molecule has 4 aromatic rings. The van der Waals surface area contributed by atoms with Crippen molar-refractivity contribution in [3.8, 4) is 22.5 Å². The number of pyridine rings is 1. The van der Waals surface area contributed by atoms with Gasteiger partial charge in [0.15, 0.2) is 0 Å². The highest BCUT2D eigenvalue weighted by Crippen LogP contribution is 2.53. The van der Waals surface area contributed by atoms with Crippen LogP contribution in [0.15, 0.2) is 41.9 Å². The maximum atomic E-state index is 15.1. The number of nitrogens with one attached hydrogen (secondary N) is 2. The monoisotopic (exact) mass is 863 g/mol. The molecule has 2 amide bonds. The number of cyclic esters (lactones) is 1. The lowest BCUT2D eigenvalue weighted by molar-refractivity contribution is -0.203. The molecule has 3 aromatic heterocycles. The molecule has 1 aromatic carbocycles. The van der Waals surface area contributed by atoms with Crippen molar-refractivity contribution in [3.63, 3.8) is 0 Å². The summed E-state index contributed by atoms with van der Waals surface area (Å²) in [7, 11) is 1.72. The fourth-order valence-electron chi connectivity index (χ4n) is 11.1. The van der Waals surface area contributed by atoms with Crippen LogP contribution in [0.4, 0.5) is 0 Å². The second-order valence-electron chi connectivity index (χ2n) is 20.1. The number of hydrogen-bond donors (Lipinski definition) is 2. The number of nitrogens with zero attached hydrogens (tertiary/aromatic N) is 5. The molecule has 328 valence electrons. The fraction of sp³-hybridized carbons (Fsp3) is 0.596. The lowest BCUT2D eigenvalue weighted by Gasteiger charge is -2.58. The molecule has 5 saturated heterocycles. The molecule has 15 heteroatoms. The summed E-state index contributed by atoms with van der Waals surface area (Å²) in [4.78, 5) is 56.1. The van der Waals surface area contributed by atoms with Gasteiger partial charge in [0.25, 0.3) is 11.8 Å². The summed E-state index contributed by atoms with van der Waals surface area (Å²) in [6, 6.07) is 8.86. The summed E-state index contributed by atoms with van der Waals surface area (Å²) in [6.45, 7) is 11.7. The van der Waals surface area contributed by atoms with E-state index in [1.165, 1.54) is 21.9 Å². The minimum atomic E-state index is -1.000. The van der Waals surface area contributed by atoms with Crippen molar-refractivity contribution in [1.29, 1.82) is 0 Å². The number of benzene rings is 1. The molecule has 0 unspecified atom stereocenters. The largest absolute Gasteiger partial charge is 0.464 e. The maximum absolute atomic E-state index is 15.1. The van der Waals surface area contributed by atoms with Gasteiger partial charge >= 0.3 is 5.97 Å². The van der Waals surface area contributed by atoms with Crippen molar-refractivity contribution in [2.45, 2.75) is 115 Å². The van der Waals surface area contributed by atoms with E-state index in [1.54, 1.807) is 7.11 Å². The van der Waals surface area contributed by atoms with E-state index < -0.39 is 35.1 Å². The Morgan fingerprint density at radius 1 is 1.10 bits per heavy atom. The minimum Gasteiger partial charge on any atom is -0.464 e. The number of fused-ring (bicyclic) bond motifs is 7. The van der Waals surface area contributed by atoms with Crippen LogP contribution in [0.1, 0.15) is 101 Å². The molecule has 6 aliphatic heterocycles. The third-order valence-corrected chi connectivity index (χ3v) is 15.7. The minimum absolute atomic E-state index is 0.0103. The van der Waals surface area contributed by atoms with E-state index >= 15 is 4.79 Å². The van der Waals surface area contributed by atoms with Crippen molar-refractivity contribution >= 4 is 40.0 Å². The van der Waals surface area contributed by atoms with Crippen LogP contribution in [0.2, 0.25) is 0 Å². The number of amides is 2. The van der Waals surface area contributed by atoms with E-state index in [2.05, 4.69) is 63.7 Å². The first kappa shape index (κ1) is 40.5. The molecule has 1 spiro atoms.